The van der Waals surface area contributed by atoms with Crippen molar-refractivity contribution in [1.29, 1.82) is 0 Å². The maximum absolute atomic E-state index is 12.0. The number of hydrogen-bond acceptors (Lipinski definition) is 6. The van der Waals surface area contributed by atoms with Crippen LogP contribution < -0.4 is 20.3 Å². The van der Waals surface area contributed by atoms with Crippen LogP contribution in [0.2, 0.25) is 0 Å². The van der Waals surface area contributed by atoms with Gasteiger partial charge < -0.3 is 19.7 Å². The van der Waals surface area contributed by atoms with Crippen molar-refractivity contribution in [3.63, 3.8) is 0 Å². The lowest BCUT2D eigenvalue weighted by molar-refractivity contribution is 0.165. The van der Waals surface area contributed by atoms with Crippen molar-refractivity contribution in [3.05, 3.63) is 91.3 Å². The zero-order valence-corrected chi connectivity index (χ0v) is 19.0. The fraction of sp³-hybridized carbons (Fsp3) is 0.333. The summed E-state index contributed by atoms with van der Waals surface area (Å²) < 4.78 is 12.1. The number of ether oxygens (including phenoxy) is 2. The van der Waals surface area contributed by atoms with E-state index >= 15 is 0 Å². The Labute approximate surface area is 192 Å². The minimum atomic E-state index is -0.454. The highest BCUT2D eigenvalue weighted by Gasteiger charge is 2.26. The van der Waals surface area contributed by atoms with Gasteiger partial charge in [-0.25, -0.2) is 0 Å². The maximum atomic E-state index is 12.0. The van der Waals surface area contributed by atoms with E-state index in [-0.39, 0.29) is 29.6 Å². The summed E-state index contributed by atoms with van der Waals surface area (Å²) in [6.45, 7) is 5.82. The second kappa shape index (κ2) is 9.14. The molecular formula is C27H28O6. The molecule has 6 heteroatoms. The summed E-state index contributed by atoms with van der Waals surface area (Å²) in [6, 6.07) is 5.70. The Bertz CT molecular complexity index is 1260. The number of aryl methyl sites for hydroxylation is 2. The highest BCUT2D eigenvalue weighted by molar-refractivity contribution is 5.45. The monoisotopic (exact) mass is 448 g/mol. The summed E-state index contributed by atoms with van der Waals surface area (Å²) in [5.41, 5.74) is 2.67. The van der Waals surface area contributed by atoms with Crippen molar-refractivity contribution in [2.24, 2.45) is 5.92 Å². The molecule has 0 radical (unpaired) electrons. The average Bonchev–Trinajstić information content (AvgIpc) is 2.94. The summed E-state index contributed by atoms with van der Waals surface area (Å²) >= 11 is 0. The first-order valence-electron chi connectivity index (χ1n) is 11.1. The quantitative estimate of drug-likeness (QED) is 0.693. The Morgan fingerprint density at radius 3 is 2.09 bits per heavy atom. The Hall–Kier alpha value is -3.54. The Morgan fingerprint density at radius 1 is 0.848 bits per heavy atom. The number of aromatic hydroxyl groups is 2. The first kappa shape index (κ1) is 22.6. The molecule has 2 heterocycles. The molecule has 2 aliphatic rings. The molecule has 0 aromatic heterocycles. The van der Waals surface area contributed by atoms with Crippen molar-refractivity contribution in [3.8, 4) is 23.0 Å². The van der Waals surface area contributed by atoms with Gasteiger partial charge in [0.1, 0.15) is 23.7 Å². The Balaban J connectivity index is 1.47. The van der Waals surface area contributed by atoms with Crippen LogP contribution in [-0.4, -0.2) is 22.4 Å². The number of fused-ring (bicyclic) bond motifs is 2. The predicted molar refractivity (Wildman–Crippen MR) is 127 cm³/mol. The molecule has 3 unspecified atom stereocenters. The lowest BCUT2D eigenvalue weighted by atomic mass is 9.91. The van der Waals surface area contributed by atoms with Crippen LogP contribution in [-0.2, 0) is 12.8 Å². The molecule has 0 saturated carbocycles. The zero-order valence-electron chi connectivity index (χ0n) is 19.0. The van der Waals surface area contributed by atoms with Gasteiger partial charge in [-0.15, -0.1) is 0 Å². The van der Waals surface area contributed by atoms with Gasteiger partial charge in [-0.2, -0.15) is 0 Å². The zero-order chi connectivity index (χ0) is 23.7. The molecule has 0 bridgehead atoms. The summed E-state index contributed by atoms with van der Waals surface area (Å²) in [7, 11) is 0. The van der Waals surface area contributed by atoms with Crippen LogP contribution >= 0.6 is 0 Å². The van der Waals surface area contributed by atoms with Gasteiger partial charge in [0.15, 0.2) is 11.5 Å². The second-order valence-corrected chi connectivity index (χ2v) is 8.86. The molecule has 2 aromatic rings. The summed E-state index contributed by atoms with van der Waals surface area (Å²) in [6.07, 6.45) is 9.58. The lowest BCUT2D eigenvalue weighted by Crippen LogP contribution is -2.29. The highest BCUT2D eigenvalue weighted by Crippen LogP contribution is 2.33. The maximum Gasteiger partial charge on any atom is 0.223 e. The normalized spacial score (nSPS) is 21.8. The first-order valence-corrected chi connectivity index (χ1v) is 11.1. The molecule has 172 valence electrons. The van der Waals surface area contributed by atoms with E-state index in [1.54, 1.807) is 0 Å². The molecule has 3 atom stereocenters. The van der Waals surface area contributed by atoms with Gasteiger partial charge in [0, 0.05) is 18.1 Å². The molecule has 2 N–H and O–H groups in total. The van der Waals surface area contributed by atoms with Gasteiger partial charge in [-0.3, -0.25) is 9.59 Å². The lowest BCUT2D eigenvalue weighted by Gasteiger charge is -2.29. The van der Waals surface area contributed by atoms with E-state index in [4.69, 9.17) is 9.47 Å². The molecule has 0 fully saturated rings. The molecule has 4 rings (SSSR count). The highest BCUT2D eigenvalue weighted by atomic mass is 16.5. The molecule has 2 aliphatic heterocycles. The first-order chi connectivity index (χ1) is 15.7. The van der Waals surface area contributed by atoms with E-state index in [9.17, 15) is 19.8 Å². The fourth-order valence-electron chi connectivity index (χ4n) is 4.40. The van der Waals surface area contributed by atoms with Crippen LogP contribution in [0.15, 0.2) is 58.2 Å². The third-order valence-corrected chi connectivity index (χ3v) is 6.33. The van der Waals surface area contributed by atoms with Gasteiger partial charge in [0.2, 0.25) is 10.9 Å². The third kappa shape index (κ3) is 4.80. The van der Waals surface area contributed by atoms with Crippen molar-refractivity contribution in [2.45, 2.75) is 52.2 Å². The van der Waals surface area contributed by atoms with E-state index in [1.807, 2.05) is 38.2 Å². The Morgan fingerprint density at radius 2 is 1.42 bits per heavy atom. The van der Waals surface area contributed by atoms with Crippen LogP contribution in [0, 0.1) is 19.8 Å². The van der Waals surface area contributed by atoms with E-state index in [2.05, 4.69) is 6.92 Å². The Kier molecular flexibility index (Phi) is 6.27. The van der Waals surface area contributed by atoms with E-state index in [0.29, 0.717) is 11.5 Å². The van der Waals surface area contributed by atoms with Crippen molar-refractivity contribution in [1.82, 2.24) is 0 Å². The fourth-order valence-corrected chi connectivity index (χ4v) is 4.40. The van der Waals surface area contributed by atoms with Gasteiger partial charge >= 0.3 is 0 Å². The number of hydrogen-bond donors (Lipinski definition) is 2. The second-order valence-electron chi connectivity index (χ2n) is 8.86. The van der Waals surface area contributed by atoms with Gasteiger partial charge in [0.05, 0.1) is 0 Å². The molecule has 2 aromatic carbocycles. The summed E-state index contributed by atoms with van der Waals surface area (Å²) in [5.74, 6) is 0.687. The molecular weight excluding hydrogens is 420 g/mol. The smallest absolute Gasteiger partial charge is 0.223 e. The van der Waals surface area contributed by atoms with Gasteiger partial charge in [-0.05, 0) is 79.6 Å². The molecule has 33 heavy (non-hydrogen) atoms. The third-order valence-electron chi connectivity index (χ3n) is 6.33. The minimum absolute atomic E-state index is 0.177. The minimum Gasteiger partial charge on any atom is -0.504 e. The molecule has 0 amide bonds. The predicted octanol–water partition coefficient (Wildman–Crippen LogP) is 3.88. The average molecular weight is 449 g/mol. The SMILES string of the molecule is Cc1cc(O)c(=O)cc2c1CCC(/C=C/C=C/C1Oc3cc(=O)c(O)cc(C)c3CC1C)O2. The van der Waals surface area contributed by atoms with E-state index in [0.717, 1.165) is 41.5 Å². The molecule has 0 saturated heterocycles. The molecule has 0 spiro atoms. The van der Waals surface area contributed by atoms with Crippen molar-refractivity contribution >= 4 is 0 Å². The summed E-state index contributed by atoms with van der Waals surface area (Å²) in [4.78, 5) is 24.0. The molecule has 6 nitrogen and oxygen atoms in total. The van der Waals surface area contributed by atoms with Crippen LogP contribution in [0.4, 0.5) is 0 Å². The van der Waals surface area contributed by atoms with Crippen molar-refractivity contribution < 1.29 is 19.7 Å². The van der Waals surface area contributed by atoms with E-state index in [1.165, 1.54) is 24.3 Å². The van der Waals surface area contributed by atoms with Crippen molar-refractivity contribution in [2.75, 3.05) is 0 Å². The van der Waals surface area contributed by atoms with Gasteiger partial charge in [0.25, 0.3) is 0 Å². The van der Waals surface area contributed by atoms with Gasteiger partial charge in [-0.1, -0.05) is 19.1 Å². The van der Waals surface area contributed by atoms with Crippen LogP contribution in [0.1, 0.15) is 35.6 Å². The topological polar surface area (TPSA) is 93.1 Å². The number of rotatable bonds is 3. The molecule has 0 aliphatic carbocycles. The van der Waals surface area contributed by atoms with Crippen LogP contribution in [0.25, 0.3) is 0 Å². The number of allylic oxidation sites excluding steroid dienone is 2. The summed E-state index contributed by atoms with van der Waals surface area (Å²) in [5, 5.41) is 19.6. The standard InChI is InChI=1S/C27H28O6/c1-15-11-21(28)23(30)13-26-19(15)9-8-18(32-26)6-4-5-7-25-17(3)10-20-16(2)12-22(29)24(31)14-27(20)33-25/h4-7,11-14,17-18,25H,8-10H2,1-3H3,(H,28,30)(H,29,31)/b6-4+,7-5+. The van der Waals surface area contributed by atoms with Crippen LogP contribution in [0.5, 0.6) is 23.0 Å². The largest absolute Gasteiger partial charge is 0.504 e. The van der Waals surface area contributed by atoms with E-state index < -0.39 is 10.9 Å². The van der Waals surface area contributed by atoms with Crippen LogP contribution in [0.3, 0.4) is 0 Å².